The molecular formula is C11H14N2. The second kappa shape index (κ2) is 3.21. The van der Waals surface area contributed by atoms with E-state index in [1.165, 1.54) is 17.4 Å². The molecule has 1 N–H and O–H groups in total. The van der Waals surface area contributed by atoms with E-state index in [4.69, 9.17) is 0 Å². The third-order valence-corrected chi connectivity index (χ3v) is 2.63. The molecule has 0 aliphatic carbocycles. The van der Waals surface area contributed by atoms with Gasteiger partial charge in [-0.25, -0.2) is 4.98 Å². The highest BCUT2D eigenvalue weighted by Crippen LogP contribution is 2.25. The molecule has 13 heavy (non-hydrogen) atoms. The zero-order chi connectivity index (χ0) is 9.26. The molecule has 1 atom stereocenters. The maximum atomic E-state index is 4.26. The fourth-order valence-electron chi connectivity index (χ4n) is 1.60. The molecule has 68 valence electrons. The molecule has 0 aromatic carbocycles. The Morgan fingerprint density at radius 1 is 1.54 bits per heavy atom. The molecule has 0 aliphatic rings. The Morgan fingerprint density at radius 2 is 2.38 bits per heavy atom. The number of nitrogens with zero attached hydrogens (tertiary/aromatic N) is 1. The minimum absolute atomic E-state index is 0.609. The molecule has 0 amide bonds. The highest BCUT2D eigenvalue weighted by molar-refractivity contribution is 5.79. The van der Waals surface area contributed by atoms with E-state index in [0.29, 0.717) is 5.92 Å². The Hall–Kier alpha value is -1.31. The normalized spacial score (nSPS) is 13.4. The largest absolute Gasteiger partial charge is 0.346 e. The van der Waals surface area contributed by atoms with E-state index in [1.807, 2.05) is 12.3 Å². The van der Waals surface area contributed by atoms with E-state index in [1.54, 1.807) is 0 Å². The molecule has 2 heteroatoms. The van der Waals surface area contributed by atoms with Gasteiger partial charge in [-0.05, 0) is 30.0 Å². The second-order valence-electron chi connectivity index (χ2n) is 3.45. The lowest BCUT2D eigenvalue weighted by molar-refractivity contribution is 0.739. The number of fused-ring (bicyclic) bond motifs is 1. The summed E-state index contributed by atoms with van der Waals surface area (Å²) in [5.74, 6) is 0.609. The van der Waals surface area contributed by atoms with Gasteiger partial charge in [-0.1, -0.05) is 13.8 Å². The second-order valence-corrected chi connectivity index (χ2v) is 3.45. The summed E-state index contributed by atoms with van der Waals surface area (Å²) in [6.07, 6.45) is 5.06. The van der Waals surface area contributed by atoms with Gasteiger partial charge in [-0.2, -0.15) is 0 Å². The average molecular weight is 174 g/mol. The summed E-state index contributed by atoms with van der Waals surface area (Å²) in [6, 6.07) is 4.11. The standard InChI is InChI=1S/C11H14N2/c1-3-8(2)10-7-13-11-9(10)5-4-6-12-11/h4-8H,3H2,1-2H3,(H,12,13). The van der Waals surface area contributed by atoms with Crippen LogP contribution in [0.1, 0.15) is 31.7 Å². The minimum Gasteiger partial charge on any atom is -0.346 e. The quantitative estimate of drug-likeness (QED) is 0.744. The van der Waals surface area contributed by atoms with Gasteiger partial charge in [0.2, 0.25) is 0 Å². The van der Waals surface area contributed by atoms with Gasteiger partial charge in [0.05, 0.1) is 0 Å². The van der Waals surface area contributed by atoms with Gasteiger partial charge < -0.3 is 4.98 Å². The van der Waals surface area contributed by atoms with Crippen LogP contribution in [0, 0.1) is 0 Å². The van der Waals surface area contributed by atoms with Crippen molar-refractivity contribution in [1.82, 2.24) is 9.97 Å². The first-order valence-corrected chi connectivity index (χ1v) is 4.75. The van der Waals surface area contributed by atoms with Crippen molar-refractivity contribution in [3.8, 4) is 0 Å². The molecule has 0 aliphatic heterocycles. The molecule has 0 saturated carbocycles. The third-order valence-electron chi connectivity index (χ3n) is 2.63. The van der Waals surface area contributed by atoms with Crippen LogP contribution in [0.4, 0.5) is 0 Å². The topological polar surface area (TPSA) is 28.7 Å². The van der Waals surface area contributed by atoms with Crippen LogP contribution in [0.25, 0.3) is 11.0 Å². The third kappa shape index (κ3) is 1.32. The lowest BCUT2D eigenvalue weighted by atomic mass is 9.99. The van der Waals surface area contributed by atoms with Crippen LogP contribution in [0.3, 0.4) is 0 Å². The predicted molar refractivity (Wildman–Crippen MR) is 54.8 cm³/mol. The van der Waals surface area contributed by atoms with Crippen molar-refractivity contribution in [2.24, 2.45) is 0 Å². The molecule has 0 radical (unpaired) electrons. The fourth-order valence-corrected chi connectivity index (χ4v) is 1.60. The molecule has 0 saturated heterocycles. The van der Waals surface area contributed by atoms with E-state index >= 15 is 0 Å². The van der Waals surface area contributed by atoms with Crippen molar-refractivity contribution in [3.63, 3.8) is 0 Å². The lowest BCUT2D eigenvalue weighted by Gasteiger charge is -2.05. The maximum Gasteiger partial charge on any atom is 0.137 e. The molecular weight excluding hydrogens is 160 g/mol. The van der Waals surface area contributed by atoms with Crippen molar-refractivity contribution < 1.29 is 0 Å². The van der Waals surface area contributed by atoms with Crippen molar-refractivity contribution >= 4 is 11.0 Å². The van der Waals surface area contributed by atoms with Crippen molar-refractivity contribution in [1.29, 1.82) is 0 Å². The molecule has 0 bridgehead atoms. The average Bonchev–Trinajstić information content (AvgIpc) is 2.60. The van der Waals surface area contributed by atoms with E-state index in [2.05, 4.69) is 36.1 Å². The Morgan fingerprint density at radius 3 is 3.15 bits per heavy atom. The molecule has 0 spiro atoms. The summed E-state index contributed by atoms with van der Waals surface area (Å²) in [7, 11) is 0. The SMILES string of the molecule is CCC(C)c1c[nH]c2ncccc12. The number of aromatic amines is 1. The maximum absolute atomic E-state index is 4.26. The number of hydrogen-bond acceptors (Lipinski definition) is 1. The van der Waals surface area contributed by atoms with Gasteiger partial charge in [0.15, 0.2) is 0 Å². The predicted octanol–water partition coefficient (Wildman–Crippen LogP) is 3.08. The molecule has 2 heterocycles. The van der Waals surface area contributed by atoms with Crippen LogP contribution in [0.5, 0.6) is 0 Å². The van der Waals surface area contributed by atoms with Gasteiger partial charge in [0.1, 0.15) is 5.65 Å². The van der Waals surface area contributed by atoms with Crippen LogP contribution < -0.4 is 0 Å². The fraction of sp³-hybridized carbons (Fsp3) is 0.364. The highest BCUT2D eigenvalue weighted by atomic mass is 14.8. The molecule has 2 aromatic rings. The Bertz CT molecular complexity index is 403. The van der Waals surface area contributed by atoms with E-state index < -0.39 is 0 Å². The van der Waals surface area contributed by atoms with E-state index in [-0.39, 0.29) is 0 Å². The van der Waals surface area contributed by atoms with Gasteiger partial charge in [0.25, 0.3) is 0 Å². The van der Waals surface area contributed by atoms with Gasteiger partial charge in [0, 0.05) is 17.8 Å². The number of H-pyrrole nitrogens is 1. The smallest absolute Gasteiger partial charge is 0.137 e. The molecule has 2 rings (SSSR count). The summed E-state index contributed by atoms with van der Waals surface area (Å²) >= 11 is 0. The van der Waals surface area contributed by atoms with Crippen LogP contribution in [-0.4, -0.2) is 9.97 Å². The van der Waals surface area contributed by atoms with Crippen LogP contribution in [0.15, 0.2) is 24.5 Å². The summed E-state index contributed by atoms with van der Waals surface area (Å²) in [5, 5.41) is 1.26. The summed E-state index contributed by atoms with van der Waals surface area (Å²) < 4.78 is 0. The number of hydrogen-bond donors (Lipinski definition) is 1. The van der Waals surface area contributed by atoms with E-state index in [0.717, 1.165) is 5.65 Å². The molecule has 1 unspecified atom stereocenters. The first-order chi connectivity index (χ1) is 6.33. The zero-order valence-electron chi connectivity index (χ0n) is 8.04. The summed E-state index contributed by atoms with van der Waals surface area (Å²) in [4.78, 5) is 7.46. The van der Waals surface area contributed by atoms with Crippen LogP contribution >= 0.6 is 0 Å². The molecule has 2 aromatic heterocycles. The zero-order valence-corrected chi connectivity index (χ0v) is 8.04. The van der Waals surface area contributed by atoms with Crippen molar-refractivity contribution in [3.05, 3.63) is 30.1 Å². The number of pyridine rings is 1. The molecule has 2 nitrogen and oxygen atoms in total. The minimum atomic E-state index is 0.609. The van der Waals surface area contributed by atoms with Gasteiger partial charge in [-0.15, -0.1) is 0 Å². The monoisotopic (exact) mass is 174 g/mol. The van der Waals surface area contributed by atoms with Gasteiger partial charge in [-0.3, -0.25) is 0 Å². The Labute approximate surface area is 78.0 Å². The van der Waals surface area contributed by atoms with Crippen LogP contribution in [-0.2, 0) is 0 Å². The number of nitrogens with one attached hydrogen (secondary N) is 1. The van der Waals surface area contributed by atoms with E-state index in [9.17, 15) is 0 Å². The van der Waals surface area contributed by atoms with Crippen LogP contribution in [0.2, 0.25) is 0 Å². The summed E-state index contributed by atoms with van der Waals surface area (Å²) in [5.41, 5.74) is 2.38. The number of rotatable bonds is 2. The first-order valence-electron chi connectivity index (χ1n) is 4.75. The highest BCUT2D eigenvalue weighted by Gasteiger charge is 2.08. The Balaban J connectivity index is 2.57. The van der Waals surface area contributed by atoms with Gasteiger partial charge >= 0.3 is 0 Å². The van der Waals surface area contributed by atoms with Crippen molar-refractivity contribution in [2.45, 2.75) is 26.2 Å². The molecule has 0 fully saturated rings. The lowest BCUT2D eigenvalue weighted by Crippen LogP contribution is -1.88. The van der Waals surface area contributed by atoms with Crippen molar-refractivity contribution in [2.75, 3.05) is 0 Å². The Kier molecular flexibility index (Phi) is 2.05. The first kappa shape index (κ1) is 8.30. The summed E-state index contributed by atoms with van der Waals surface area (Å²) in [6.45, 7) is 4.45. The number of aromatic nitrogens is 2.